The zero-order valence-corrected chi connectivity index (χ0v) is 22.8. The van der Waals surface area contributed by atoms with Gasteiger partial charge in [-0.05, 0) is 66.4 Å². The number of thioether (sulfide) groups is 1. The number of amides is 1. The summed E-state index contributed by atoms with van der Waals surface area (Å²) in [5.74, 6) is 0.966. The highest BCUT2D eigenvalue weighted by atomic mass is 35.5. The van der Waals surface area contributed by atoms with Crippen LogP contribution in [0.15, 0.2) is 71.6 Å². The van der Waals surface area contributed by atoms with Gasteiger partial charge in [-0.2, -0.15) is 0 Å². The molecular weight excluding hydrogens is 526 g/mol. The van der Waals surface area contributed by atoms with Crippen LogP contribution in [-0.2, 0) is 16.0 Å². The second-order valence-electron chi connectivity index (χ2n) is 9.19. The lowest BCUT2D eigenvalue weighted by atomic mass is 9.90. The molecule has 0 saturated carbocycles. The van der Waals surface area contributed by atoms with Gasteiger partial charge in [-0.15, -0.1) is 11.8 Å². The maximum Gasteiger partial charge on any atom is 0.221 e. The number of aliphatic hydroxyl groups is 3. The third kappa shape index (κ3) is 7.08. The molecule has 5 atom stereocenters. The van der Waals surface area contributed by atoms with Crippen molar-refractivity contribution in [3.8, 4) is 5.75 Å². The van der Waals surface area contributed by atoms with E-state index in [9.17, 15) is 20.1 Å². The third-order valence-corrected chi connectivity index (χ3v) is 7.76. The molecule has 1 amide bonds. The fraction of sp³-hybridized carbons (Fsp3) is 0.345. The van der Waals surface area contributed by atoms with Gasteiger partial charge in [-0.1, -0.05) is 41.9 Å². The first kappa shape index (κ1) is 28.4. The van der Waals surface area contributed by atoms with E-state index in [1.807, 2.05) is 55.5 Å². The standard InChI is InChI=1S/C29H32ClNO6S/c1-3-36-22-10-7-18(8-11-22)13-20-14-19(9-12-24(20)30)29-28(35)27(34)26(33)25(37-29)16-38-23-6-4-5-21(15-23)31-17(2)32/h4-12,14-15,25-29,33-35H,3,13,16H2,1-2H3,(H,31,32)/t25-,26-,27+,28-,29+/m1/s1. The van der Waals surface area contributed by atoms with E-state index < -0.39 is 30.5 Å². The lowest BCUT2D eigenvalue weighted by Gasteiger charge is -2.41. The summed E-state index contributed by atoms with van der Waals surface area (Å²) in [6.45, 7) is 3.98. The van der Waals surface area contributed by atoms with Crippen LogP contribution in [0.25, 0.3) is 0 Å². The summed E-state index contributed by atoms with van der Waals surface area (Å²) >= 11 is 7.92. The number of ether oxygens (including phenoxy) is 2. The predicted octanol–water partition coefficient (Wildman–Crippen LogP) is 4.60. The summed E-state index contributed by atoms with van der Waals surface area (Å²) in [6, 6.07) is 20.5. The number of anilines is 1. The SMILES string of the molecule is CCOc1ccc(Cc2cc([C@@H]3O[C@H](CSc4cccc(NC(C)=O)c4)[C@@H](O)[C@H](O)[C@H]3O)ccc2Cl)cc1. The van der Waals surface area contributed by atoms with Gasteiger partial charge in [-0.3, -0.25) is 4.79 Å². The van der Waals surface area contributed by atoms with Crippen molar-refractivity contribution in [2.45, 2.75) is 55.7 Å². The smallest absolute Gasteiger partial charge is 0.221 e. The highest BCUT2D eigenvalue weighted by Gasteiger charge is 2.44. The lowest BCUT2D eigenvalue weighted by Crippen LogP contribution is -2.54. The molecule has 1 aliphatic rings. The summed E-state index contributed by atoms with van der Waals surface area (Å²) < 4.78 is 11.7. The predicted molar refractivity (Wildman–Crippen MR) is 149 cm³/mol. The van der Waals surface area contributed by atoms with Gasteiger partial charge in [-0.25, -0.2) is 0 Å². The van der Waals surface area contributed by atoms with Crippen molar-refractivity contribution in [2.75, 3.05) is 17.7 Å². The Morgan fingerprint density at radius 2 is 1.79 bits per heavy atom. The van der Waals surface area contributed by atoms with Crippen LogP contribution in [0.4, 0.5) is 5.69 Å². The molecule has 0 radical (unpaired) electrons. The van der Waals surface area contributed by atoms with Gasteiger partial charge in [0.05, 0.1) is 12.7 Å². The molecule has 1 heterocycles. The second-order valence-corrected chi connectivity index (χ2v) is 10.7. The van der Waals surface area contributed by atoms with E-state index >= 15 is 0 Å². The molecule has 0 aromatic heterocycles. The molecule has 1 fully saturated rings. The number of hydrogen-bond donors (Lipinski definition) is 4. The van der Waals surface area contributed by atoms with E-state index in [0.717, 1.165) is 21.8 Å². The van der Waals surface area contributed by atoms with Gasteiger partial charge >= 0.3 is 0 Å². The van der Waals surface area contributed by atoms with E-state index in [-0.39, 0.29) is 5.91 Å². The Hall–Kier alpha value is -2.59. The van der Waals surface area contributed by atoms with Crippen LogP contribution in [0.3, 0.4) is 0 Å². The average molecular weight is 558 g/mol. The van der Waals surface area contributed by atoms with Crippen LogP contribution in [-0.4, -0.2) is 58.0 Å². The summed E-state index contributed by atoms with van der Waals surface area (Å²) in [5, 5.41) is 35.4. The van der Waals surface area contributed by atoms with Gasteiger partial charge < -0.3 is 30.1 Å². The van der Waals surface area contributed by atoms with E-state index in [2.05, 4.69) is 5.32 Å². The van der Waals surface area contributed by atoms with Gasteiger partial charge in [0.2, 0.25) is 5.91 Å². The highest BCUT2D eigenvalue weighted by molar-refractivity contribution is 7.99. The van der Waals surface area contributed by atoms with Gasteiger partial charge in [0, 0.05) is 28.3 Å². The number of carbonyl (C=O) groups excluding carboxylic acids is 1. The van der Waals surface area contributed by atoms with Crippen LogP contribution in [0.1, 0.15) is 36.6 Å². The van der Waals surface area contributed by atoms with E-state index in [1.54, 1.807) is 18.2 Å². The Morgan fingerprint density at radius 3 is 2.50 bits per heavy atom. The van der Waals surface area contributed by atoms with Crippen molar-refractivity contribution in [2.24, 2.45) is 0 Å². The van der Waals surface area contributed by atoms with E-state index in [0.29, 0.717) is 35.1 Å². The number of hydrogen-bond acceptors (Lipinski definition) is 7. The van der Waals surface area contributed by atoms with Gasteiger partial charge in [0.1, 0.15) is 30.2 Å². The van der Waals surface area contributed by atoms with Crippen LogP contribution in [0.2, 0.25) is 5.02 Å². The molecule has 4 N–H and O–H groups in total. The fourth-order valence-electron chi connectivity index (χ4n) is 4.41. The topological polar surface area (TPSA) is 108 Å². The van der Waals surface area contributed by atoms with Crippen molar-refractivity contribution in [3.05, 3.63) is 88.4 Å². The summed E-state index contributed by atoms with van der Waals surface area (Å²) in [5.41, 5.74) is 3.23. The number of rotatable bonds is 9. The zero-order valence-electron chi connectivity index (χ0n) is 21.2. The largest absolute Gasteiger partial charge is 0.494 e. The van der Waals surface area contributed by atoms with Crippen molar-refractivity contribution >= 4 is 35.0 Å². The van der Waals surface area contributed by atoms with Gasteiger partial charge in [0.15, 0.2) is 0 Å². The summed E-state index contributed by atoms with van der Waals surface area (Å²) in [6.07, 6.45) is -4.97. The molecule has 7 nitrogen and oxygen atoms in total. The Bertz CT molecular complexity index is 1240. The van der Waals surface area contributed by atoms with Crippen molar-refractivity contribution in [1.82, 2.24) is 0 Å². The monoisotopic (exact) mass is 557 g/mol. The quantitative estimate of drug-likeness (QED) is 0.285. The summed E-state index contributed by atoms with van der Waals surface area (Å²) in [4.78, 5) is 12.2. The number of benzene rings is 3. The lowest BCUT2D eigenvalue weighted by molar-refractivity contribution is -0.218. The molecule has 38 heavy (non-hydrogen) atoms. The third-order valence-electron chi connectivity index (χ3n) is 6.31. The normalized spacial score (nSPS) is 23.2. The van der Waals surface area contributed by atoms with Crippen LogP contribution in [0.5, 0.6) is 5.75 Å². The Morgan fingerprint density at radius 1 is 1.03 bits per heavy atom. The number of aliphatic hydroxyl groups excluding tert-OH is 3. The van der Waals surface area contributed by atoms with E-state index in [1.165, 1.54) is 18.7 Å². The molecule has 0 spiro atoms. The molecule has 1 saturated heterocycles. The fourth-order valence-corrected chi connectivity index (χ4v) is 5.61. The Balaban J connectivity index is 1.48. The van der Waals surface area contributed by atoms with Crippen LogP contribution < -0.4 is 10.1 Å². The molecule has 0 unspecified atom stereocenters. The maximum atomic E-state index is 11.4. The molecule has 0 aliphatic carbocycles. The molecule has 0 bridgehead atoms. The van der Waals surface area contributed by atoms with Gasteiger partial charge in [0.25, 0.3) is 0 Å². The zero-order chi connectivity index (χ0) is 27.2. The highest BCUT2D eigenvalue weighted by Crippen LogP contribution is 2.36. The molecule has 4 rings (SSSR count). The minimum atomic E-state index is -1.38. The number of halogens is 1. The molecule has 9 heteroatoms. The van der Waals surface area contributed by atoms with Crippen LogP contribution in [0, 0.1) is 0 Å². The Kier molecular flexibility index (Phi) is 9.70. The molecule has 202 valence electrons. The van der Waals surface area contributed by atoms with Crippen LogP contribution >= 0.6 is 23.4 Å². The molecular formula is C29H32ClNO6S. The second kappa shape index (κ2) is 13.0. The first-order chi connectivity index (χ1) is 18.2. The minimum Gasteiger partial charge on any atom is -0.494 e. The van der Waals surface area contributed by atoms with Crippen molar-refractivity contribution in [3.63, 3.8) is 0 Å². The van der Waals surface area contributed by atoms with Crippen molar-refractivity contribution in [1.29, 1.82) is 0 Å². The van der Waals surface area contributed by atoms with E-state index in [4.69, 9.17) is 21.1 Å². The maximum absolute atomic E-state index is 11.4. The minimum absolute atomic E-state index is 0.164. The first-order valence-electron chi connectivity index (χ1n) is 12.4. The molecule has 3 aromatic carbocycles. The molecule has 3 aromatic rings. The number of nitrogens with one attached hydrogen (secondary N) is 1. The first-order valence-corrected chi connectivity index (χ1v) is 13.8. The molecule has 1 aliphatic heterocycles. The number of carbonyl (C=O) groups is 1. The Labute approximate surface area is 231 Å². The summed E-state index contributed by atoms with van der Waals surface area (Å²) in [7, 11) is 0. The van der Waals surface area contributed by atoms with Crippen molar-refractivity contribution < 1.29 is 29.6 Å². The average Bonchev–Trinajstić information content (AvgIpc) is 2.89.